The molecule has 2 heterocycles. The first-order chi connectivity index (χ1) is 11.6. The fourth-order valence-electron chi connectivity index (χ4n) is 2.03. The number of hydrogen-bond acceptors (Lipinski definition) is 8. The second-order valence-corrected chi connectivity index (χ2v) is 4.87. The van der Waals surface area contributed by atoms with Crippen LogP contribution in [0, 0.1) is 10.1 Å². The van der Waals surface area contributed by atoms with Crippen LogP contribution in [0.1, 0.15) is 5.82 Å². The molecular weight excluding hydrogens is 312 g/mol. The molecule has 0 unspecified atom stereocenters. The predicted octanol–water partition coefficient (Wildman–Crippen LogP) is 1.41. The van der Waals surface area contributed by atoms with E-state index in [9.17, 15) is 10.1 Å². The molecular formula is C14H14N8O2. The van der Waals surface area contributed by atoms with Crippen molar-refractivity contribution in [2.45, 2.75) is 6.42 Å². The van der Waals surface area contributed by atoms with Crippen molar-refractivity contribution >= 4 is 17.5 Å². The second kappa shape index (κ2) is 6.69. The van der Waals surface area contributed by atoms with Gasteiger partial charge in [-0.15, -0.1) is 0 Å². The van der Waals surface area contributed by atoms with Crippen molar-refractivity contribution in [1.29, 1.82) is 0 Å². The third kappa shape index (κ3) is 3.43. The number of nitrogens with zero attached hydrogens (tertiary/aromatic N) is 5. The van der Waals surface area contributed by atoms with Gasteiger partial charge in [0, 0.05) is 18.5 Å². The van der Waals surface area contributed by atoms with E-state index >= 15 is 0 Å². The SMILES string of the molecule is Nc1nc(NCCc2nc(-c3ccccc3)n[nH]2)ncc1[N+](=O)[O-]. The number of benzene rings is 1. The average molecular weight is 326 g/mol. The van der Waals surface area contributed by atoms with E-state index in [-0.39, 0.29) is 17.5 Å². The minimum atomic E-state index is -0.626. The highest BCUT2D eigenvalue weighted by atomic mass is 16.6. The van der Waals surface area contributed by atoms with Gasteiger partial charge in [0.25, 0.3) is 0 Å². The first-order valence-electron chi connectivity index (χ1n) is 7.11. The van der Waals surface area contributed by atoms with E-state index < -0.39 is 4.92 Å². The Morgan fingerprint density at radius 2 is 2.04 bits per heavy atom. The van der Waals surface area contributed by atoms with Crippen LogP contribution in [-0.2, 0) is 6.42 Å². The Hall–Kier alpha value is -3.56. The van der Waals surface area contributed by atoms with Crippen LogP contribution < -0.4 is 11.1 Å². The number of H-pyrrole nitrogens is 1. The summed E-state index contributed by atoms with van der Waals surface area (Å²) in [5.41, 5.74) is 6.13. The molecule has 0 saturated carbocycles. The lowest BCUT2D eigenvalue weighted by atomic mass is 10.2. The van der Waals surface area contributed by atoms with Gasteiger partial charge >= 0.3 is 5.69 Å². The zero-order valence-electron chi connectivity index (χ0n) is 12.5. The van der Waals surface area contributed by atoms with Crippen LogP contribution in [0.25, 0.3) is 11.4 Å². The normalized spacial score (nSPS) is 10.5. The number of nitro groups is 1. The summed E-state index contributed by atoms with van der Waals surface area (Å²) in [6, 6.07) is 9.63. The first kappa shape index (κ1) is 15.3. The Kier molecular flexibility index (Phi) is 4.27. The van der Waals surface area contributed by atoms with Gasteiger partial charge in [-0.1, -0.05) is 30.3 Å². The third-order valence-electron chi connectivity index (χ3n) is 3.20. The summed E-state index contributed by atoms with van der Waals surface area (Å²) in [5, 5.41) is 20.6. The highest BCUT2D eigenvalue weighted by Gasteiger charge is 2.14. The van der Waals surface area contributed by atoms with Crippen LogP contribution in [-0.4, -0.2) is 36.6 Å². The molecule has 0 atom stereocenters. The third-order valence-corrected chi connectivity index (χ3v) is 3.20. The highest BCUT2D eigenvalue weighted by Crippen LogP contribution is 2.18. The lowest BCUT2D eigenvalue weighted by Crippen LogP contribution is -2.10. The summed E-state index contributed by atoms with van der Waals surface area (Å²) < 4.78 is 0. The summed E-state index contributed by atoms with van der Waals surface area (Å²) in [4.78, 5) is 22.1. The van der Waals surface area contributed by atoms with Crippen molar-refractivity contribution < 1.29 is 4.92 Å². The monoisotopic (exact) mass is 326 g/mol. The highest BCUT2D eigenvalue weighted by molar-refractivity contribution is 5.54. The van der Waals surface area contributed by atoms with Crippen LogP contribution in [0.15, 0.2) is 36.5 Å². The maximum absolute atomic E-state index is 10.7. The van der Waals surface area contributed by atoms with E-state index in [0.29, 0.717) is 24.6 Å². The molecule has 10 heteroatoms. The van der Waals surface area contributed by atoms with Crippen LogP contribution in [0.4, 0.5) is 17.5 Å². The van der Waals surface area contributed by atoms with Gasteiger partial charge in [-0.3, -0.25) is 15.2 Å². The molecule has 0 aliphatic carbocycles. The van der Waals surface area contributed by atoms with Gasteiger partial charge in [-0.05, 0) is 0 Å². The van der Waals surface area contributed by atoms with Gasteiger partial charge in [0.1, 0.15) is 12.0 Å². The van der Waals surface area contributed by atoms with E-state index in [0.717, 1.165) is 11.8 Å². The molecule has 0 aliphatic heterocycles. The molecule has 0 saturated heterocycles. The largest absolute Gasteiger partial charge is 0.378 e. The van der Waals surface area contributed by atoms with E-state index in [2.05, 4.69) is 30.5 Å². The van der Waals surface area contributed by atoms with Gasteiger partial charge in [-0.25, -0.2) is 9.97 Å². The fourth-order valence-corrected chi connectivity index (χ4v) is 2.03. The van der Waals surface area contributed by atoms with Crippen molar-refractivity contribution in [1.82, 2.24) is 25.1 Å². The lowest BCUT2D eigenvalue weighted by Gasteiger charge is -2.03. The van der Waals surface area contributed by atoms with Crippen LogP contribution >= 0.6 is 0 Å². The number of aromatic amines is 1. The lowest BCUT2D eigenvalue weighted by molar-refractivity contribution is -0.384. The predicted molar refractivity (Wildman–Crippen MR) is 87.1 cm³/mol. The molecule has 0 aliphatic rings. The summed E-state index contributed by atoms with van der Waals surface area (Å²) in [7, 11) is 0. The molecule has 2 aromatic heterocycles. The maximum atomic E-state index is 10.7. The molecule has 122 valence electrons. The molecule has 0 radical (unpaired) electrons. The zero-order chi connectivity index (χ0) is 16.9. The number of nitrogens with two attached hydrogens (primary N) is 1. The molecule has 3 aromatic rings. The van der Waals surface area contributed by atoms with E-state index in [4.69, 9.17) is 5.73 Å². The number of nitrogens with one attached hydrogen (secondary N) is 2. The molecule has 4 N–H and O–H groups in total. The summed E-state index contributed by atoms with van der Waals surface area (Å²) >= 11 is 0. The minimum Gasteiger partial charge on any atom is -0.378 e. The van der Waals surface area contributed by atoms with E-state index in [1.807, 2.05) is 30.3 Å². The summed E-state index contributed by atoms with van der Waals surface area (Å²) in [6.07, 6.45) is 1.63. The van der Waals surface area contributed by atoms with Gasteiger partial charge in [0.2, 0.25) is 11.8 Å². The van der Waals surface area contributed by atoms with Crippen molar-refractivity contribution in [3.8, 4) is 11.4 Å². The molecule has 1 aromatic carbocycles. The quantitative estimate of drug-likeness (QED) is 0.454. The number of rotatable bonds is 6. The fraction of sp³-hybridized carbons (Fsp3) is 0.143. The Bertz CT molecular complexity index is 849. The topological polar surface area (TPSA) is 149 Å². The molecule has 24 heavy (non-hydrogen) atoms. The van der Waals surface area contributed by atoms with Crippen molar-refractivity contribution in [2.24, 2.45) is 0 Å². The molecule has 3 rings (SSSR count). The van der Waals surface area contributed by atoms with E-state index in [1.54, 1.807) is 0 Å². The summed E-state index contributed by atoms with van der Waals surface area (Å²) in [6.45, 7) is 0.473. The maximum Gasteiger partial charge on any atom is 0.329 e. The van der Waals surface area contributed by atoms with Crippen molar-refractivity contribution in [3.63, 3.8) is 0 Å². The summed E-state index contributed by atoms with van der Waals surface area (Å²) in [5.74, 6) is 1.38. The molecule has 10 nitrogen and oxygen atoms in total. The molecule has 0 amide bonds. The van der Waals surface area contributed by atoms with Gasteiger partial charge in [-0.2, -0.15) is 10.1 Å². The van der Waals surface area contributed by atoms with Gasteiger partial charge < -0.3 is 11.1 Å². The van der Waals surface area contributed by atoms with Crippen molar-refractivity contribution in [2.75, 3.05) is 17.6 Å². The Morgan fingerprint density at radius 3 is 2.75 bits per heavy atom. The Morgan fingerprint density at radius 1 is 1.25 bits per heavy atom. The van der Waals surface area contributed by atoms with Gasteiger partial charge in [0.05, 0.1) is 4.92 Å². The van der Waals surface area contributed by atoms with Crippen LogP contribution in [0.2, 0.25) is 0 Å². The zero-order valence-corrected chi connectivity index (χ0v) is 12.5. The smallest absolute Gasteiger partial charge is 0.329 e. The average Bonchev–Trinajstić information content (AvgIpc) is 3.04. The second-order valence-electron chi connectivity index (χ2n) is 4.87. The van der Waals surface area contributed by atoms with Crippen LogP contribution in [0.3, 0.4) is 0 Å². The number of hydrogen-bond donors (Lipinski definition) is 3. The molecule has 0 fully saturated rings. The Labute approximate surface area is 136 Å². The Balaban J connectivity index is 1.58. The van der Waals surface area contributed by atoms with Crippen molar-refractivity contribution in [3.05, 3.63) is 52.5 Å². The molecule has 0 spiro atoms. The number of nitrogen functional groups attached to an aromatic ring is 1. The van der Waals surface area contributed by atoms with Crippen LogP contribution in [0.5, 0.6) is 0 Å². The standard InChI is InChI=1S/C14H14N8O2/c15-12-10(22(23)24)8-17-14(19-12)16-7-6-11-18-13(21-20-11)9-4-2-1-3-5-9/h1-5,8H,6-7H2,(H,18,20,21)(H3,15,16,17,19). The number of aromatic nitrogens is 5. The molecule has 0 bridgehead atoms. The minimum absolute atomic E-state index is 0.177. The number of anilines is 2. The van der Waals surface area contributed by atoms with E-state index in [1.165, 1.54) is 0 Å². The van der Waals surface area contributed by atoms with Gasteiger partial charge in [0.15, 0.2) is 5.82 Å². The first-order valence-corrected chi connectivity index (χ1v) is 7.11.